The molecule has 0 radical (unpaired) electrons. The van der Waals surface area contributed by atoms with Gasteiger partial charge in [0, 0.05) is 6.54 Å². The Morgan fingerprint density at radius 1 is 1.35 bits per heavy atom. The largest absolute Gasteiger partial charge is 0.312 e. The van der Waals surface area contributed by atoms with E-state index in [0.29, 0.717) is 6.04 Å². The number of aromatic nitrogens is 3. The van der Waals surface area contributed by atoms with Gasteiger partial charge >= 0.3 is 0 Å². The minimum absolute atomic E-state index is 0.303. The van der Waals surface area contributed by atoms with Crippen molar-refractivity contribution < 1.29 is 0 Å². The molecule has 1 aromatic carbocycles. The highest BCUT2D eigenvalue weighted by molar-refractivity contribution is 5.22. The first-order chi connectivity index (χ1) is 9.74. The molecule has 1 heterocycles. The van der Waals surface area contributed by atoms with Crippen molar-refractivity contribution >= 4 is 0 Å². The van der Waals surface area contributed by atoms with Gasteiger partial charge in [0.15, 0.2) is 0 Å². The minimum atomic E-state index is 0.303. The maximum absolute atomic E-state index is 4.17. The summed E-state index contributed by atoms with van der Waals surface area (Å²) in [4.78, 5) is 0. The fourth-order valence-corrected chi connectivity index (χ4v) is 2.54. The van der Waals surface area contributed by atoms with Crippen LogP contribution in [0.15, 0.2) is 30.5 Å². The van der Waals surface area contributed by atoms with E-state index in [9.17, 15) is 0 Å². The summed E-state index contributed by atoms with van der Waals surface area (Å²) in [6.07, 6.45) is 5.07. The maximum atomic E-state index is 4.17. The Kier molecular flexibility index (Phi) is 5.30. The zero-order valence-electron chi connectivity index (χ0n) is 12.6. The lowest BCUT2D eigenvalue weighted by molar-refractivity contribution is 0.472. The van der Waals surface area contributed by atoms with E-state index in [1.165, 1.54) is 16.8 Å². The summed E-state index contributed by atoms with van der Waals surface area (Å²) >= 11 is 0. The van der Waals surface area contributed by atoms with E-state index in [2.05, 4.69) is 53.7 Å². The fraction of sp³-hybridized carbons (Fsp3) is 0.500. The van der Waals surface area contributed by atoms with E-state index in [-0.39, 0.29) is 0 Å². The molecule has 108 valence electrons. The van der Waals surface area contributed by atoms with Gasteiger partial charge in [0.2, 0.25) is 0 Å². The highest BCUT2D eigenvalue weighted by Crippen LogP contribution is 2.18. The van der Waals surface area contributed by atoms with Crippen molar-refractivity contribution in [3.8, 4) is 0 Å². The summed E-state index contributed by atoms with van der Waals surface area (Å²) in [5, 5.41) is 11.6. The first kappa shape index (κ1) is 14.7. The molecular formula is C16H24N4. The van der Waals surface area contributed by atoms with Crippen LogP contribution in [0.2, 0.25) is 0 Å². The molecule has 0 bridgehead atoms. The van der Waals surface area contributed by atoms with Crippen molar-refractivity contribution in [3.63, 3.8) is 0 Å². The van der Waals surface area contributed by atoms with Crippen LogP contribution in [0.4, 0.5) is 0 Å². The molecule has 4 nitrogen and oxygen atoms in total. The maximum Gasteiger partial charge on any atom is 0.0756 e. The minimum Gasteiger partial charge on any atom is -0.312 e. The van der Waals surface area contributed by atoms with Gasteiger partial charge in [-0.15, -0.1) is 5.10 Å². The van der Waals surface area contributed by atoms with Crippen LogP contribution in [0.3, 0.4) is 0 Å². The molecule has 0 saturated heterocycles. The standard InChI is InChI=1S/C16H24N4/c1-4-10-20-16(12-18-19-20)15(17-3)9-8-14-7-5-6-13(2)11-14/h5-7,11-12,15,17H,4,8-10H2,1-3H3. The third kappa shape index (κ3) is 3.67. The van der Waals surface area contributed by atoms with Crippen LogP contribution in [-0.2, 0) is 13.0 Å². The average Bonchev–Trinajstić information content (AvgIpc) is 2.89. The van der Waals surface area contributed by atoms with Crippen molar-refractivity contribution in [2.24, 2.45) is 0 Å². The lowest BCUT2D eigenvalue weighted by Crippen LogP contribution is -2.21. The van der Waals surface area contributed by atoms with E-state index in [1.807, 2.05) is 17.9 Å². The number of aryl methyl sites for hydroxylation is 3. The number of rotatable bonds is 7. The second kappa shape index (κ2) is 7.20. The number of nitrogens with zero attached hydrogens (tertiary/aromatic N) is 3. The van der Waals surface area contributed by atoms with Gasteiger partial charge in [-0.1, -0.05) is 42.0 Å². The zero-order valence-corrected chi connectivity index (χ0v) is 12.6. The number of nitrogens with one attached hydrogen (secondary N) is 1. The Bertz CT molecular complexity index is 533. The van der Waals surface area contributed by atoms with Crippen molar-refractivity contribution in [2.75, 3.05) is 7.05 Å². The molecule has 2 rings (SSSR count). The number of benzene rings is 1. The Morgan fingerprint density at radius 2 is 2.20 bits per heavy atom. The number of hydrogen-bond donors (Lipinski definition) is 1. The normalized spacial score (nSPS) is 12.6. The Labute approximate surface area is 121 Å². The first-order valence-corrected chi connectivity index (χ1v) is 7.35. The summed E-state index contributed by atoms with van der Waals surface area (Å²) in [7, 11) is 2.00. The Hall–Kier alpha value is -1.68. The highest BCUT2D eigenvalue weighted by atomic mass is 15.4. The van der Waals surface area contributed by atoms with Crippen LogP contribution in [0.1, 0.15) is 42.6 Å². The van der Waals surface area contributed by atoms with Crippen LogP contribution in [0.5, 0.6) is 0 Å². The molecule has 0 spiro atoms. The lowest BCUT2D eigenvalue weighted by atomic mass is 10.0. The van der Waals surface area contributed by atoms with Gasteiger partial charge in [-0.3, -0.25) is 0 Å². The van der Waals surface area contributed by atoms with Gasteiger partial charge in [0.1, 0.15) is 0 Å². The van der Waals surface area contributed by atoms with Crippen molar-refractivity contribution in [1.82, 2.24) is 20.3 Å². The molecule has 0 aliphatic heterocycles. The van der Waals surface area contributed by atoms with E-state index < -0.39 is 0 Å². The summed E-state index contributed by atoms with van der Waals surface area (Å²) in [6.45, 7) is 5.23. The molecule has 4 heteroatoms. The van der Waals surface area contributed by atoms with Gasteiger partial charge in [0.05, 0.1) is 17.9 Å². The van der Waals surface area contributed by atoms with Crippen LogP contribution < -0.4 is 5.32 Å². The quantitative estimate of drug-likeness (QED) is 0.842. The first-order valence-electron chi connectivity index (χ1n) is 7.35. The third-order valence-electron chi connectivity index (χ3n) is 3.59. The summed E-state index contributed by atoms with van der Waals surface area (Å²) in [6, 6.07) is 9.02. The highest BCUT2D eigenvalue weighted by Gasteiger charge is 2.15. The van der Waals surface area contributed by atoms with Crippen LogP contribution in [-0.4, -0.2) is 22.0 Å². The third-order valence-corrected chi connectivity index (χ3v) is 3.59. The van der Waals surface area contributed by atoms with E-state index in [0.717, 1.165) is 25.8 Å². The predicted molar refractivity (Wildman–Crippen MR) is 81.6 cm³/mol. The van der Waals surface area contributed by atoms with Gasteiger partial charge in [-0.05, 0) is 38.8 Å². The second-order valence-electron chi connectivity index (χ2n) is 5.25. The van der Waals surface area contributed by atoms with E-state index >= 15 is 0 Å². The van der Waals surface area contributed by atoms with Crippen molar-refractivity contribution in [1.29, 1.82) is 0 Å². The monoisotopic (exact) mass is 272 g/mol. The van der Waals surface area contributed by atoms with Gasteiger partial charge in [0.25, 0.3) is 0 Å². The van der Waals surface area contributed by atoms with Crippen LogP contribution >= 0.6 is 0 Å². The van der Waals surface area contributed by atoms with Crippen molar-refractivity contribution in [3.05, 3.63) is 47.3 Å². The average molecular weight is 272 g/mol. The van der Waals surface area contributed by atoms with E-state index in [4.69, 9.17) is 0 Å². The van der Waals surface area contributed by atoms with Crippen LogP contribution in [0.25, 0.3) is 0 Å². The zero-order chi connectivity index (χ0) is 14.4. The molecule has 0 fully saturated rings. The molecule has 0 aliphatic carbocycles. The Morgan fingerprint density at radius 3 is 2.90 bits per heavy atom. The summed E-state index contributed by atoms with van der Waals surface area (Å²) in [5.74, 6) is 0. The van der Waals surface area contributed by atoms with Crippen molar-refractivity contribution in [2.45, 2.75) is 45.7 Å². The Balaban J connectivity index is 2.03. The van der Waals surface area contributed by atoms with Gasteiger partial charge in [-0.2, -0.15) is 0 Å². The van der Waals surface area contributed by atoms with E-state index in [1.54, 1.807) is 0 Å². The lowest BCUT2D eigenvalue weighted by Gasteiger charge is -2.17. The molecule has 1 atom stereocenters. The molecule has 20 heavy (non-hydrogen) atoms. The predicted octanol–water partition coefficient (Wildman–Crippen LogP) is 2.89. The van der Waals surface area contributed by atoms with Crippen LogP contribution in [0, 0.1) is 6.92 Å². The molecule has 0 aliphatic rings. The van der Waals surface area contributed by atoms with Gasteiger partial charge < -0.3 is 5.32 Å². The second-order valence-corrected chi connectivity index (χ2v) is 5.25. The fourth-order valence-electron chi connectivity index (χ4n) is 2.54. The molecule has 1 aromatic heterocycles. The summed E-state index contributed by atoms with van der Waals surface area (Å²) in [5.41, 5.74) is 3.89. The smallest absolute Gasteiger partial charge is 0.0756 e. The molecule has 0 amide bonds. The topological polar surface area (TPSA) is 42.7 Å². The molecule has 1 N–H and O–H groups in total. The molecule has 0 saturated carbocycles. The molecule has 1 unspecified atom stereocenters. The van der Waals surface area contributed by atoms with Gasteiger partial charge in [-0.25, -0.2) is 4.68 Å². The SMILES string of the molecule is CCCn1nncc1C(CCc1cccc(C)c1)NC. The molecular weight excluding hydrogens is 248 g/mol. The molecule has 2 aromatic rings. The number of hydrogen-bond acceptors (Lipinski definition) is 3. The summed E-state index contributed by atoms with van der Waals surface area (Å²) < 4.78 is 2.01.